The van der Waals surface area contributed by atoms with Gasteiger partial charge in [0.05, 0.1) is 16.5 Å². The Kier molecular flexibility index (Phi) is 4.11. The Labute approximate surface area is 168 Å². The average Bonchev–Trinajstić information content (AvgIpc) is 3.42. The lowest BCUT2D eigenvalue weighted by Crippen LogP contribution is -2.20. The fourth-order valence-electron chi connectivity index (χ4n) is 4.17. The van der Waals surface area contributed by atoms with Gasteiger partial charge in [-0.15, -0.1) is 11.3 Å². The molecule has 3 N–H and O–H groups in total. The molecule has 150 valence electrons. The van der Waals surface area contributed by atoms with Crippen LogP contribution < -0.4 is 11.2 Å². The van der Waals surface area contributed by atoms with Crippen molar-refractivity contribution >= 4 is 28.2 Å². The van der Waals surface area contributed by atoms with Crippen molar-refractivity contribution in [2.45, 2.75) is 44.2 Å². The minimum Gasteiger partial charge on any atom is -0.477 e. The minimum atomic E-state index is -1.41. The molecule has 0 spiro atoms. The van der Waals surface area contributed by atoms with Crippen molar-refractivity contribution < 1.29 is 18.7 Å². The van der Waals surface area contributed by atoms with Crippen LogP contribution in [0.3, 0.4) is 0 Å². The predicted octanol–water partition coefficient (Wildman–Crippen LogP) is 4.38. The van der Waals surface area contributed by atoms with Crippen LogP contribution in [0.1, 0.15) is 58.6 Å². The zero-order valence-corrected chi connectivity index (χ0v) is 16.2. The zero-order valence-electron chi connectivity index (χ0n) is 15.4. The third-order valence-electron chi connectivity index (χ3n) is 5.79. The van der Waals surface area contributed by atoms with Gasteiger partial charge in [-0.2, -0.15) is 0 Å². The lowest BCUT2D eigenvalue weighted by molar-refractivity contribution is 0.0695. The first-order chi connectivity index (χ1) is 13.9. The van der Waals surface area contributed by atoms with Gasteiger partial charge in [0.1, 0.15) is 11.4 Å². The third-order valence-corrected chi connectivity index (χ3v) is 7.01. The van der Waals surface area contributed by atoms with Crippen LogP contribution in [-0.4, -0.2) is 15.6 Å². The molecular weight excluding hydrogens is 398 g/mol. The van der Waals surface area contributed by atoms with Crippen molar-refractivity contribution in [2.75, 3.05) is 0 Å². The fourth-order valence-corrected chi connectivity index (χ4v) is 5.49. The van der Waals surface area contributed by atoms with E-state index in [0.29, 0.717) is 4.88 Å². The number of benzene rings is 1. The molecular formula is C21H18F2N2O3S. The summed E-state index contributed by atoms with van der Waals surface area (Å²) in [6.45, 7) is 0. The van der Waals surface area contributed by atoms with Gasteiger partial charge < -0.3 is 15.4 Å². The molecule has 5 nitrogen and oxygen atoms in total. The number of nitrogens with two attached hydrogens (primary N) is 1. The van der Waals surface area contributed by atoms with Gasteiger partial charge in [0.25, 0.3) is 0 Å². The molecule has 2 aliphatic rings. The number of fused-ring (bicyclic) bond motifs is 2. The largest absolute Gasteiger partial charge is 0.477 e. The number of aromatic nitrogens is 1. The molecule has 2 aromatic heterocycles. The smallest absolute Gasteiger partial charge is 0.341 e. The highest BCUT2D eigenvalue weighted by Crippen LogP contribution is 2.43. The van der Waals surface area contributed by atoms with E-state index in [1.54, 1.807) is 6.07 Å². The number of carboxylic acid groups (broad SMARTS) is 1. The van der Waals surface area contributed by atoms with Crippen LogP contribution in [0.5, 0.6) is 0 Å². The summed E-state index contributed by atoms with van der Waals surface area (Å²) < 4.78 is 32.2. The highest BCUT2D eigenvalue weighted by atomic mass is 32.1. The Morgan fingerprint density at radius 1 is 1.24 bits per heavy atom. The second kappa shape index (κ2) is 6.47. The molecule has 1 unspecified atom stereocenters. The molecule has 0 amide bonds. The summed E-state index contributed by atoms with van der Waals surface area (Å²) in [6, 6.07) is 2.50. The van der Waals surface area contributed by atoms with Gasteiger partial charge in [-0.1, -0.05) is 0 Å². The lowest BCUT2D eigenvalue weighted by Gasteiger charge is -2.17. The molecule has 5 rings (SSSR count). The van der Waals surface area contributed by atoms with Crippen LogP contribution in [0, 0.1) is 11.6 Å². The molecule has 29 heavy (non-hydrogen) atoms. The van der Waals surface area contributed by atoms with E-state index in [2.05, 4.69) is 0 Å². The second-order valence-electron chi connectivity index (χ2n) is 7.75. The highest BCUT2D eigenvalue weighted by molar-refractivity contribution is 7.15. The number of nitrogens with zero attached hydrogens (tertiary/aromatic N) is 1. The van der Waals surface area contributed by atoms with Gasteiger partial charge in [0.15, 0.2) is 5.82 Å². The quantitative estimate of drug-likeness (QED) is 0.664. The summed E-state index contributed by atoms with van der Waals surface area (Å²) in [7, 11) is 0. The molecule has 2 aliphatic carbocycles. The average molecular weight is 416 g/mol. The maximum absolute atomic E-state index is 15.7. The topological polar surface area (TPSA) is 85.3 Å². The number of aromatic carboxylic acids is 1. The molecule has 0 aliphatic heterocycles. The number of rotatable bonds is 3. The monoisotopic (exact) mass is 416 g/mol. The first kappa shape index (κ1) is 18.4. The number of halogens is 2. The van der Waals surface area contributed by atoms with Crippen molar-refractivity contribution in [2.24, 2.45) is 5.73 Å². The van der Waals surface area contributed by atoms with Gasteiger partial charge in [0.2, 0.25) is 5.43 Å². The summed E-state index contributed by atoms with van der Waals surface area (Å²) in [4.78, 5) is 25.5. The number of pyridine rings is 1. The van der Waals surface area contributed by atoms with E-state index < -0.39 is 28.6 Å². The van der Waals surface area contributed by atoms with Crippen molar-refractivity contribution in [1.82, 2.24) is 4.57 Å². The number of thiophene rings is 1. The van der Waals surface area contributed by atoms with E-state index in [0.717, 1.165) is 48.6 Å². The zero-order chi connectivity index (χ0) is 20.4. The van der Waals surface area contributed by atoms with E-state index in [1.165, 1.54) is 22.1 Å². The Morgan fingerprint density at radius 3 is 2.66 bits per heavy atom. The molecule has 1 saturated carbocycles. The minimum absolute atomic E-state index is 0.0328. The molecule has 0 bridgehead atoms. The second-order valence-corrected chi connectivity index (χ2v) is 8.88. The number of hydrogen-bond donors (Lipinski definition) is 2. The highest BCUT2D eigenvalue weighted by Gasteiger charge is 2.31. The van der Waals surface area contributed by atoms with Crippen molar-refractivity contribution in [3.05, 3.63) is 56.2 Å². The first-order valence-corrected chi connectivity index (χ1v) is 10.4. The molecule has 0 radical (unpaired) electrons. The lowest BCUT2D eigenvalue weighted by atomic mass is 9.94. The van der Waals surface area contributed by atoms with E-state index in [4.69, 9.17) is 5.73 Å². The predicted molar refractivity (Wildman–Crippen MR) is 107 cm³/mol. The van der Waals surface area contributed by atoms with Gasteiger partial charge in [0, 0.05) is 28.0 Å². The number of carbonyl (C=O) groups is 1. The van der Waals surface area contributed by atoms with Crippen molar-refractivity contribution in [1.29, 1.82) is 0 Å². The Bertz CT molecular complexity index is 1240. The molecule has 3 aromatic rings. The van der Waals surface area contributed by atoms with Gasteiger partial charge >= 0.3 is 5.97 Å². The number of carboxylic acids is 1. The molecule has 2 heterocycles. The Morgan fingerprint density at radius 2 is 2.00 bits per heavy atom. The first-order valence-electron chi connectivity index (χ1n) is 9.55. The fraction of sp³-hybridized carbons (Fsp3) is 0.333. The molecule has 1 aromatic carbocycles. The summed E-state index contributed by atoms with van der Waals surface area (Å²) in [6.07, 6.45) is 5.31. The third kappa shape index (κ3) is 2.81. The maximum Gasteiger partial charge on any atom is 0.341 e. The van der Waals surface area contributed by atoms with E-state index in [1.807, 2.05) is 0 Å². The molecule has 0 saturated heterocycles. The van der Waals surface area contributed by atoms with Crippen molar-refractivity contribution in [3.63, 3.8) is 0 Å². The molecule has 1 fully saturated rings. The summed E-state index contributed by atoms with van der Waals surface area (Å²) in [5.41, 5.74) is 5.52. The standard InChI is InChI=1S/C21H18F2N2O3S/c22-13-6-11-19(25(9-4-5-9)8-12(20(11)26)21(27)28)18(23)17(13)16-7-10-14(24)2-1-3-15(10)29-16/h6-9,14H,1-5,24H2,(H,27,28). The summed E-state index contributed by atoms with van der Waals surface area (Å²) >= 11 is 1.33. The van der Waals surface area contributed by atoms with Crippen LogP contribution in [-0.2, 0) is 6.42 Å². The normalized spacial score (nSPS) is 18.8. The van der Waals surface area contributed by atoms with Crippen LogP contribution in [0.4, 0.5) is 8.78 Å². The van der Waals surface area contributed by atoms with Gasteiger partial charge in [-0.05, 0) is 49.8 Å². The Balaban J connectivity index is 1.81. The van der Waals surface area contributed by atoms with Crippen molar-refractivity contribution in [3.8, 4) is 10.4 Å². The van der Waals surface area contributed by atoms with Gasteiger partial charge in [-0.25, -0.2) is 13.6 Å². The van der Waals surface area contributed by atoms with Crippen LogP contribution in [0.2, 0.25) is 0 Å². The summed E-state index contributed by atoms with van der Waals surface area (Å²) in [5.74, 6) is -3.10. The van der Waals surface area contributed by atoms with Gasteiger partial charge in [-0.3, -0.25) is 4.79 Å². The molecule has 8 heteroatoms. The van der Waals surface area contributed by atoms with Crippen LogP contribution in [0.15, 0.2) is 23.1 Å². The van der Waals surface area contributed by atoms with E-state index >= 15 is 8.78 Å². The maximum atomic E-state index is 15.7. The summed E-state index contributed by atoms with van der Waals surface area (Å²) in [5, 5.41) is 9.09. The van der Waals surface area contributed by atoms with E-state index in [9.17, 15) is 14.7 Å². The van der Waals surface area contributed by atoms with E-state index in [-0.39, 0.29) is 28.6 Å². The Hall–Kier alpha value is -2.58. The van der Waals surface area contributed by atoms with Crippen LogP contribution >= 0.6 is 11.3 Å². The van der Waals surface area contributed by atoms with Crippen LogP contribution in [0.25, 0.3) is 21.3 Å². The SMILES string of the molecule is NC1CCCc2sc(-c3c(F)cc4c(=O)c(C(=O)O)cn(C5CC5)c4c3F)cc21. The molecule has 1 atom stereocenters. The number of hydrogen-bond acceptors (Lipinski definition) is 4. The number of aryl methyl sites for hydroxylation is 1.